The molecule has 1 N–H and O–H groups in total. The fourth-order valence-electron chi connectivity index (χ4n) is 3.00. The van der Waals surface area contributed by atoms with Crippen LogP contribution in [0.15, 0.2) is 36.7 Å². The van der Waals surface area contributed by atoms with Gasteiger partial charge in [-0.3, -0.25) is 9.69 Å². The van der Waals surface area contributed by atoms with Gasteiger partial charge in [-0.2, -0.15) is 0 Å². The molecule has 2 aromatic rings. The molecule has 0 saturated carbocycles. The highest BCUT2D eigenvalue weighted by Crippen LogP contribution is 2.18. The Morgan fingerprint density at radius 2 is 1.85 bits per heavy atom. The highest BCUT2D eigenvalue weighted by atomic mass is 16.5. The fraction of sp³-hybridized carbons (Fsp3) is 0.368. The average Bonchev–Trinajstić information content (AvgIpc) is 2.70. The summed E-state index contributed by atoms with van der Waals surface area (Å²) in [6.07, 6.45) is 3.45. The van der Waals surface area contributed by atoms with E-state index in [1.807, 2.05) is 13.0 Å². The van der Waals surface area contributed by atoms with E-state index in [2.05, 4.69) is 25.1 Å². The monoisotopic (exact) mass is 369 g/mol. The van der Waals surface area contributed by atoms with E-state index in [9.17, 15) is 9.59 Å². The minimum Gasteiger partial charge on any atom is -0.465 e. The molecule has 0 unspecified atom stereocenters. The van der Waals surface area contributed by atoms with E-state index in [4.69, 9.17) is 4.74 Å². The molecule has 8 heteroatoms. The number of amides is 1. The number of anilines is 2. The third-order valence-corrected chi connectivity index (χ3v) is 4.43. The largest absolute Gasteiger partial charge is 0.465 e. The van der Waals surface area contributed by atoms with Crippen molar-refractivity contribution in [3.8, 4) is 0 Å². The highest BCUT2D eigenvalue weighted by Gasteiger charge is 2.21. The van der Waals surface area contributed by atoms with Gasteiger partial charge in [0.1, 0.15) is 0 Å². The van der Waals surface area contributed by atoms with Crippen LogP contribution < -0.4 is 10.2 Å². The van der Waals surface area contributed by atoms with Crippen LogP contribution >= 0.6 is 0 Å². The Kier molecular flexibility index (Phi) is 5.97. The average molecular weight is 369 g/mol. The van der Waals surface area contributed by atoms with Gasteiger partial charge in [0.15, 0.2) is 0 Å². The molecule has 0 radical (unpaired) electrons. The molecule has 0 atom stereocenters. The van der Waals surface area contributed by atoms with Gasteiger partial charge in [-0.05, 0) is 25.1 Å². The molecule has 1 saturated heterocycles. The minimum atomic E-state index is -0.467. The summed E-state index contributed by atoms with van der Waals surface area (Å²) in [7, 11) is 1.33. The third kappa shape index (κ3) is 4.79. The zero-order chi connectivity index (χ0) is 19.2. The quantitative estimate of drug-likeness (QED) is 0.796. The molecule has 27 heavy (non-hydrogen) atoms. The van der Waals surface area contributed by atoms with Crippen molar-refractivity contribution in [3.63, 3.8) is 0 Å². The minimum absolute atomic E-state index is 0.159. The van der Waals surface area contributed by atoms with Gasteiger partial charge in [-0.15, -0.1) is 0 Å². The lowest BCUT2D eigenvalue weighted by molar-refractivity contribution is -0.117. The van der Waals surface area contributed by atoms with Crippen molar-refractivity contribution in [1.82, 2.24) is 14.9 Å². The summed E-state index contributed by atoms with van der Waals surface area (Å²) in [6, 6.07) is 7.07. The number of nitrogens with zero attached hydrogens (tertiary/aromatic N) is 4. The predicted molar refractivity (Wildman–Crippen MR) is 102 cm³/mol. The van der Waals surface area contributed by atoms with Crippen molar-refractivity contribution in [2.45, 2.75) is 6.92 Å². The topological polar surface area (TPSA) is 87.7 Å². The third-order valence-electron chi connectivity index (χ3n) is 4.43. The number of aryl methyl sites for hydroxylation is 1. The molecule has 0 bridgehead atoms. The molecule has 1 aliphatic rings. The Bertz CT molecular complexity index is 804. The van der Waals surface area contributed by atoms with Crippen LogP contribution in [0.25, 0.3) is 0 Å². The predicted octanol–water partition coefficient (Wildman–Crippen LogP) is 1.33. The van der Waals surface area contributed by atoms with E-state index in [0.29, 0.717) is 17.2 Å². The Morgan fingerprint density at radius 1 is 1.15 bits per heavy atom. The van der Waals surface area contributed by atoms with E-state index in [1.165, 1.54) is 7.11 Å². The molecule has 142 valence electrons. The molecule has 0 spiro atoms. The summed E-state index contributed by atoms with van der Waals surface area (Å²) in [6.45, 7) is 5.14. The van der Waals surface area contributed by atoms with Crippen molar-refractivity contribution in [1.29, 1.82) is 0 Å². The van der Waals surface area contributed by atoms with Gasteiger partial charge in [0.05, 0.1) is 24.9 Å². The first-order valence-electron chi connectivity index (χ1n) is 8.80. The van der Waals surface area contributed by atoms with Gasteiger partial charge >= 0.3 is 5.97 Å². The summed E-state index contributed by atoms with van der Waals surface area (Å²) >= 11 is 0. The maximum atomic E-state index is 12.4. The second kappa shape index (κ2) is 8.59. The van der Waals surface area contributed by atoms with E-state index >= 15 is 0 Å². The first-order chi connectivity index (χ1) is 13.1. The van der Waals surface area contributed by atoms with Crippen LogP contribution in [-0.2, 0) is 9.53 Å². The number of rotatable bonds is 5. The Morgan fingerprint density at radius 3 is 2.52 bits per heavy atom. The van der Waals surface area contributed by atoms with Crippen LogP contribution in [0.4, 0.5) is 11.6 Å². The number of carbonyl (C=O) groups excluding carboxylic acids is 2. The molecular weight excluding hydrogens is 346 g/mol. The van der Waals surface area contributed by atoms with Crippen LogP contribution in [0.5, 0.6) is 0 Å². The van der Waals surface area contributed by atoms with E-state index < -0.39 is 5.97 Å². The Balaban J connectivity index is 1.56. The van der Waals surface area contributed by atoms with E-state index in [-0.39, 0.29) is 12.5 Å². The number of carbonyl (C=O) groups is 2. The van der Waals surface area contributed by atoms with Crippen molar-refractivity contribution >= 4 is 23.5 Å². The molecule has 1 aromatic heterocycles. The first kappa shape index (κ1) is 18.8. The Hall–Kier alpha value is -3.00. The second-order valence-corrected chi connectivity index (χ2v) is 6.40. The molecule has 2 heterocycles. The zero-order valence-corrected chi connectivity index (χ0v) is 15.5. The van der Waals surface area contributed by atoms with Gasteiger partial charge in [0, 0.05) is 38.6 Å². The molecule has 1 aliphatic heterocycles. The van der Waals surface area contributed by atoms with E-state index in [1.54, 1.807) is 30.6 Å². The van der Waals surface area contributed by atoms with Crippen LogP contribution in [0.3, 0.4) is 0 Å². The summed E-state index contributed by atoms with van der Waals surface area (Å²) in [4.78, 5) is 37.1. The number of esters is 1. The summed E-state index contributed by atoms with van der Waals surface area (Å²) in [5, 5.41) is 2.82. The van der Waals surface area contributed by atoms with E-state index in [0.717, 1.165) is 31.7 Å². The molecular formula is C19H23N5O3. The normalized spacial score (nSPS) is 14.7. The highest BCUT2D eigenvalue weighted by molar-refractivity contribution is 6.01. The Labute approximate surface area is 158 Å². The van der Waals surface area contributed by atoms with Crippen molar-refractivity contribution in [2.24, 2.45) is 0 Å². The number of benzene rings is 1. The lowest BCUT2D eigenvalue weighted by Crippen LogP contribution is -2.49. The smallest absolute Gasteiger partial charge is 0.339 e. The van der Waals surface area contributed by atoms with Crippen LogP contribution in [0.1, 0.15) is 15.9 Å². The maximum Gasteiger partial charge on any atom is 0.339 e. The molecule has 3 rings (SSSR count). The van der Waals surface area contributed by atoms with Gasteiger partial charge in [0.25, 0.3) is 0 Å². The number of hydrogen-bond donors (Lipinski definition) is 1. The summed E-state index contributed by atoms with van der Waals surface area (Å²) < 4.78 is 4.80. The number of piperazine rings is 1. The summed E-state index contributed by atoms with van der Waals surface area (Å²) in [5.41, 5.74) is 1.75. The number of hydrogen-bond acceptors (Lipinski definition) is 7. The summed E-state index contributed by atoms with van der Waals surface area (Å²) in [5.74, 6) is 0.0860. The van der Waals surface area contributed by atoms with Gasteiger partial charge < -0.3 is 15.0 Å². The lowest BCUT2D eigenvalue weighted by atomic mass is 10.1. The zero-order valence-electron chi connectivity index (χ0n) is 15.5. The standard InChI is InChI=1S/C19H23N5O3/c1-14-4-5-16(15(12-14)18(26)27-2)22-17(25)13-23-8-10-24(11-9-23)19-20-6-3-7-21-19/h3-7,12H,8-11,13H2,1-2H3,(H,22,25). The van der Waals surface area contributed by atoms with Crippen LogP contribution in [-0.4, -0.2) is 66.6 Å². The lowest BCUT2D eigenvalue weighted by Gasteiger charge is -2.34. The number of aromatic nitrogens is 2. The first-order valence-corrected chi connectivity index (χ1v) is 8.80. The maximum absolute atomic E-state index is 12.4. The van der Waals surface area contributed by atoms with Gasteiger partial charge in [0.2, 0.25) is 11.9 Å². The number of nitrogens with one attached hydrogen (secondary N) is 1. The molecule has 1 amide bonds. The van der Waals surface area contributed by atoms with Crippen molar-refractivity contribution < 1.29 is 14.3 Å². The van der Waals surface area contributed by atoms with Gasteiger partial charge in [-0.25, -0.2) is 14.8 Å². The number of ether oxygens (including phenoxy) is 1. The van der Waals surface area contributed by atoms with Crippen LogP contribution in [0.2, 0.25) is 0 Å². The second-order valence-electron chi connectivity index (χ2n) is 6.40. The molecule has 1 fully saturated rings. The van der Waals surface area contributed by atoms with Crippen molar-refractivity contribution in [3.05, 3.63) is 47.8 Å². The fourth-order valence-corrected chi connectivity index (χ4v) is 3.00. The molecule has 8 nitrogen and oxygen atoms in total. The molecule has 0 aliphatic carbocycles. The van der Waals surface area contributed by atoms with Gasteiger partial charge in [-0.1, -0.05) is 11.6 Å². The molecule has 1 aromatic carbocycles. The van der Waals surface area contributed by atoms with Crippen molar-refractivity contribution in [2.75, 3.05) is 50.1 Å². The SMILES string of the molecule is COC(=O)c1cc(C)ccc1NC(=O)CN1CCN(c2ncccn2)CC1. The number of methoxy groups -OCH3 is 1. The van der Waals surface area contributed by atoms with Crippen LogP contribution in [0, 0.1) is 6.92 Å².